The van der Waals surface area contributed by atoms with Gasteiger partial charge in [0, 0.05) is 59.5 Å². The number of rotatable bonds is 18. The zero-order valence-electron chi connectivity index (χ0n) is 34.5. The zero-order chi connectivity index (χ0) is 44.0. The van der Waals surface area contributed by atoms with Gasteiger partial charge in [-0.05, 0) is 49.2 Å². The third kappa shape index (κ3) is 10.4. The zero-order valence-corrected chi connectivity index (χ0v) is 34.5. The van der Waals surface area contributed by atoms with Gasteiger partial charge in [-0.3, -0.25) is 29.1 Å². The third-order valence-corrected chi connectivity index (χ3v) is 11.7. The van der Waals surface area contributed by atoms with Crippen LogP contribution in [0.3, 0.4) is 0 Å². The standard InChI is InChI=1S/C41H60N6O13/c1-21(2)47-30(15-44-24(5)53)39(58)41(33(47)20-50)59-27-8-6-7-25(11-27)16-46-29(14-43-23(4)52)38(57)40(32(46)19-49)60-35-12-26(9-10-34(35)54)17-45-28(13-42-22(3)51)36(55)37(56)31(45)18-48/h6-12,18,21,28-33,36-41,49-50,54-58H,13-17,19-20H2,1-5H3,(H,42,51)(H,43,52)(H,44,53). The lowest BCUT2D eigenvalue weighted by Crippen LogP contribution is -2.50. The molecule has 3 aliphatic rings. The average Bonchev–Trinajstić information content (AvgIpc) is 3.70. The van der Waals surface area contributed by atoms with Gasteiger partial charge in [0.05, 0.1) is 55.6 Å². The Morgan fingerprint density at radius 1 is 0.683 bits per heavy atom. The summed E-state index contributed by atoms with van der Waals surface area (Å²) in [5.74, 6) is -0.946. The van der Waals surface area contributed by atoms with E-state index in [1.807, 2.05) is 18.7 Å². The normalized spacial score (nSPS) is 31.0. The van der Waals surface area contributed by atoms with Crippen molar-refractivity contribution in [1.29, 1.82) is 0 Å². The molecule has 19 heteroatoms. The van der Waals surface area contributed by atoms with Crippen LogP contribution < -0.4 is 25.4 Å². The second-order valence-electron chi connectivity index (χ2n) is 16.1. The molecule has 0 radical (unpaired) electrons. The molecule has 3 heterocycles. The molecule has 3 aliphatic heterocycles. The van der Waals surface area contributed by atoms with Gasteiger partial charge in [0.15, 0.2) is 11.5 Å². The number of likely N-dealkylation sites (tertiary alicyclic amines) is 3. The third-order valence-electron chi connectivity index (χ3n) is 11.7. The van der Waals surface area contributed by atoms with E-state index in [1.165, 1.54) is 32.9 Å². The molecule has 5 rings (SSSR count). The molecule has 12 unspecified atom stereocenters. The average molecular weight is 845 g/mol. The highest BCUT2D eigenvalue weighted by atomic mass is 16.5. The van der Waals surface area contributed by atoms with Gasteiger partial charge >= 0.3 is 0 Å². The number of aliphatic hydroxyl groups is 6. The van der Waals surface area contributed by atoms with Crippen LogP contribution >= 0.6 is 0 Å². The number of amides is 3. The molecule has 10 N–H and O–H groups in total. The fourth-order valence-electron chi connectivity index (χ4n) is 8.89. The van der Waals surface area contributed by atoms with Crippen LogP contribution in [-0.2, 0) is 32.3 Å². The first-order chi connectivity index (χ1) is 28.5. The van der Waals surface area contributed by atoms with Gasteiger partial charge in [-0.1, -0.05) is 18.2 Å². The maximum atomic E-state index is 12.1. The Kier molecular flexibility index (Phi) is 15.9. The minimum absolute atomic E-state index is 0.00679. The van der Waals surface area contributed by atoms with Crippen molar-refractivity contribution >= 4 is 24.0 Å². The molecule has 3 amide bonds. The van der Waals surface area contributed by atoms with Crippen molar-refractivity contribution in [3.05, 3.63) is 53.6 Å². The highest BCUT2D eigenvalue weighted by molar-refractivity contribution is 5.73. The lowest BCUT2D eigenvalue weighted by Gasteiger charge is -2.33. The predicted octanol–water partition coefficient (Wildman–Crippen LogP) is -2.81. The van der Waals surface area contributed by atoms with Crippen LogP contribution in [-0.4, -0.2) is 186 Å². The van der Waals surface area contributed by atoms with Gasteiger partial charge in [-0.25, -0.2) is 0 Å². The van der Waals surface area contributed by atoms with Crippen molar-refractivity contribution in [2.24, 2.45) is 0 Å². The number of carbonyl (C=O) groups is 4. The fraction of sp³-hybridized carbons (Fsp3) is 0.610. The maximum Gasteiger partial charge on any atom is 0.216 e. The van der Waals surface area contributed by atoms with Crippen LogP contribution in [0.4, 0.5) is 0 Å². The largest absolute Gasteiger partial charge is 0.504 e. The summed E-state index contributed by atoms with van der Waals surface area (Å²) in [5.41, 5.74) is 1.17. The van der Waals surface area contributed by atoms with Crippen molar-refractivity contribution in [2.45, 2.75) is 127 Å². The number of hydrogen-bond donors (Lipinski definition) is 10. The number of nitrogens with one attached hydrogen (secondary N) is 3. The van der Waals surface area contributed by atoms with Crippen LogP contribution in [0, 0.1) is 0 Å². The number of aliphatic hydroxyl groups excluding tert-OH is 6. The molecule has 19 nitrogen and oxygen atoms in total. The van der Waals surface area contributed by atoms with E-state index in [1.54, 1.807) is 40.1 Å². The van der Waals surface area contributed by atoms with E-state index in [9.17, 15) is 54.9 Å². The van der Waals surface area contributed by atoms with Gasteiger partial charge in [-0.2, -0.15) is 0 Å². The highest BCUT2D eigenvalue weighted by Crippen LogP contribution is 2.37. The first-order valence-corrected chi connectivity index (χ1v) is 20.2. The van der Waals surface area contributed by atoms with E-state index in [4.69, 9.17) is 9.47 Å². The van der Waals surface area contributed by atoms with E-state index in [-0.39, 0.29) is 74.6 Å². The van der Waals surface area contributed by atoms with E-state index in [0.29, 0.717) is 23.2 Å². The first-order valence-electron chi connectivity index (χ1n) is 20.2. The van der Waals surface area contributed by atoms with E-state index >= 15 is 0 Å². The monoisotopic (exact) mass is 844 g/mol. The van der Waals surface area contributed by atoms with Crippen LogP contribution in [0.2, 0.25) is 0 Å². The summed E-state index contributed by atoms with van der Waals surface area (Å²) >= 11 is 0. The minimum atomic E-state index is -1.41. The van der Waals surface area contributed by atoms with Gasteiger partial charge in [0.1, 0.15) is 42.6 Å². The van der Waals surface area contributed by atoms with Crippen molar-refractivity contribution in [2.75, 3.05) is 32.8 Å². The molecule has 3 fully saturated rings. The number of nitrogens with zero attached hydrogens (tertiary/aromatic N) is 3. The van der Waals surface area contributed by atoms with Gasteiger partial charge in [0.25, 0.3) is 0 Å². The molecule has 60 heavy (non-hydrogen) atoms. The molecule has 332 valence electrons. The molecule has 0 spiro atoms. The Morgan fingerprint density at radius 3 is 1.78 bits per heavy atom. The Morgan fingerprint density at radius 2 is 1.22 bits per heavy atom. The molecule has 2 aromatic rings. The number of phenols is 1. The molecule has 0 bridgehead atoms. The number of aromatic hydroxyl groups is 1. The topological polar surface area (TPSA) is 274 Å². The first kappa shape index (κ1) is 46.6. The van der Waals surface area contributed by atoms with Gasteiger partial charge < -0.3 is 66.0 Å². The molecule has 0 aliphatic carbocycles. The highest BCUT2D eigenvalue weighted by Gasteiger charge is 2.52. The maximum absolute atomic E-state index is 12.1. The molecular weight excluding hydrogens is 784 g/mol. The summed E-state index contributed by atoms with van der Waals surface area (Å²) in [6.45, 7) is 7.26. The smallest absolute Gasteiger partial charge is 0.216 e. The molecule has 0 saturated carbocycles. The van der Waals surface area contributed by atoms with Crippen LogP contribution in [0.25, 0.3) is 0 Å². The molecule has 2 aromatic carbocycles. The number of phenolic OH excluding ortho intramolecular Hbond substituents is 1. The van der Waals surface area contributed by atoms with Gasteiger partial charge in [-0.15, -0.1) is 0 Å². The van der Waals surface area contributed by atoms with E-state index in [2.05, 4.69) is 16.0 Å². The summed E-state index contributed by atoms with van der Waals surface area (Å²) in [6.07, 6.45) is -6.60. The van der Waals surface area contributed by atoms with Crippen molar-refractivity contribution < 1.29 is 64.4 Å². The Labute approximate surface area is 348 Å². The summed E-state index contributed by atoms with van der Waals surface area (Å²) < 4.78 is 12.7. The molecule has 0 aromatic heterocycles. The van der Waals surface area contributed by atoms with Crippen molar-refractivity contribution in [3.8, 4) is 17.2 Å². The summed E-state index contributed by atoms with van der Waals surface area (Å²) in [5, 5.41) is 84.8. The quantitative estimate of drug-likeness (QED) is 0.0679. The Bertz CT molecular complexity index is 1800. The number of aldehydes is 1. The Balaban J connectivity index is 1.38. The summed E-state index contributed by atoms with van der Waals surface area (Å²) in [6, 6.07) is 6.59. The number of ether oxygens (including phenoxy) is 2. The summed E-state index contributed by atoms with van der Waals surface area (Å²) in [7, 11) is 0. The lowest BCUT2D eigenvalue weighted by atomic mass is 10.1. The molecule has 12 atom stereocenters. The number of carbonyl (C=O) groups excluding carboxylic acids is 4. The fourth-order valence-corrected chi connectivity index (χ4v) is 8.89. The second kappa shape index (κ2) is 20.4. The SMILES string of the molecule is CC(=O)NCC1C(O)C(O)C(C=O)N1Cc1ccc(O)c(OC2C(O)C(CNC(C)=O)N(Cc3cccc(OC4C(O)C(CNC(C)=O)N(C(C)C)C4CO)c3)C2CO)c1. The number of hydrogen-bond acceptors (Lipinski definition) is 16. The van der Waals surface area contributed by atoms with Crippen LogP contribution in [0.1, 0.15) is 45.7 Å². The molecular formula is C41H60N6O13. The van der Waals surface area contributed by atoms with Crippen LogP contribution in [0.5, 0.6) is 17.2 Å². The van der Waals surface area contributed by atoms with Gasteiger partial charge in [0.2, 0.25) is 17.7 Å². The Hall–Kier alpha value is -4.44. The predicted molar refractivity (Wildman–Crippen MR) is 214 cm³/mol. The van der Waals surface area contributed by atoms with Crippen molar-refractivity contribution in [3.63, 3.8) is 0 Å². The van der Waals surface area contributed by atoms with Crippen molar-refractivity contribution in [1.82, 2.24) is 30.7 Å². The van der Waals surface area contributed by atoms with E-state index in [0.717, 1.165) is 0 Å². The lowest BCUT2D eigenvalue weighted by molar-refractivity contribution is -0.120. The van der Waals surface area contributed by atoms with E-state index < -0.39 is 79.5 Å². The molecule has 3 saturated heterocycles. The number of benzene rings is 2. The summed E-state index contributed by atoms with van der Waals surface area (Å²) in [4.78, 5) is 52.7. The van der Waals surface area contributed by atoms with Crippen LogP contribution in [0.15, 0.2) is 42.5 Å². The second-order valence-corrected chi connectivity index (χ2v) is 16.1. The minimum Gasteiger partial charge on any atom is -0.504 e.